The van der Waals surface area contributed by atoms with Crippen LogP contribution in [0.25, 0.3) is 0 Å². The Hall–Kier alpha value is -4.35. The topological polar surface area (TPSA) is 78.4 Å². The Morgan fingerprint density at radius 2 is 1.39 bits per heavy atom. The number of ether oxygens (including phenoxy) is 4. The van der Waals surface area contributed by atoms with E-state index in [1.165, 1.54) is 51.8 Å². The smallest absolute Gasteiger partial charge is 0.271 e. The highest BCUT2D eigenvalue weighted by atomic mass is 19.2. The lowest BCUT2D eigenvalue weighted by Crippen LogP contribution is -2.17. The molecule has 0 saturated carbocycles. The summed E-state index contributed by atoms with van der Waals surface area (Å²) in [4.78, 5) is 12.4. The van der Waals surface area contributed by atoms with E-state index in [0.29, 0.717) is 17.1 Å². The molecule has 0 spiro atoms. The fourth-order valence-corrected chi connectivity index (χ4v) is 3.06. The number of amides is 1. The first kappa shape index (κ1) is 26.3. The first-order valence-electron chi connectivity index (χ1n) is 10.1. The van der Waals surface area contributed by atoms with Gasteiger partial charge in [-0.15, -0.1) is 0 Å². The van der Waals surface area contributed by atoms with Crippen LogP contribution in [0.1, 0.15) is 21.5 Å². The Balaban J connectivity index is 1.75. The van der Waals surface area contributed by atoms with E-state index in [9.17, 15) is 26.7 Å². The number of carbonyl (C=O) groups excluding carboxylic acids is 1. The monoisotopic (exact) mass is 510 g/mol. The van der Waals surface area contributed by atoms with E-state index in [2.05, 4.69) is 10.5 Å². The maximum absolute atomic E-state index is 13.9. The molecule has 0 fully saturated rings. The van der Waals surface area contributed by atoms with Gasteiger partial charge in [0.15, 0.2) is 17.2 Å². The Morgan fingerprint density at radius 3 is 2.00 bits per heavy atom. The summed E-state index contributed by atoms with van der Waals surface area (Å²) < 4.78 is 88.1. The zero-order valence-electron chi connectivity index (χ0n) is 19.1. The molecule has 36 heavy (non-hydrogen) atoms. The summed E-state index contributed by atoms with van der Waals surface area (Å²) in [5.41, 5.74) is 3.18. The highest BCUT2D eigenvalue weighted by molar-refractivity contribution is 5.95. The van der Waals surface area contributed by atoms with Crippen LogP contribution < -0.4 is 24.4 Å². The lowest BCUT2D eigenvalue weighted by Gasteiger charge is -2.13. The van der Waals surface area contributed by atoms with Gasteiger partial charge in [-0.2, -0.15) is 13.9 Å². The third kappa shape index (κ3) is 5.48. The largest absolute Gasteiger partial charge is 0.496 e. The fraction of sp³-hybridized carbons (Fsp3) is 0.167. The van der Waals surface area contributed by atoms with E-state index in [1.54, 1.807) is 12.1 Å². The van der Waals surface area contributed by atoms with Gasteiger partial charge in [-0.1, -0.05) is 0 Å². The number of nitrogens with zero attached hydrogens (tertiary/aromatic N) is 1. The molecule has 0 saturated heterocycles. The number of benzene rings is 3. The molecule has 0 radical (unpaired) electrons. The molecule has 3 aromatic carbocycles. The van der Waals surface area contributed by atoms with Crippen LogP contribution >= 0.6 is 0 Å². The van der Waals surface area contributed by atoms with Crippen molar-refractivity contribution in [3.63, 3.8) is 0 Å². The van der Waals surface area contributed by atoms with Crippen LogP contribution in [0.3, 0.4) is 0 Å². The van der Waals surface area contributed by atoms with Crippen LogP contribution in [-0.2, 0) is 6.61 Å². The minimum atomic E-state index is -2.29. The van der Waals surface area contributed by atoms with E-state index < -0.39 is 47.3 Å². The van der Waals surface area contributed by atoms with Crippen molar-refractivity contribution in [3.05, 3.63) is 82.2 Å². The van der Waals surface area contributed by atoms with E-state index >= 15 is 0 Å². The molecule has 0 aliphatic rings. The summed E-state index contributed by atoms with van der Waals surface area (Å²) in [7, 11) is 4.20. The molecular weight excluding hydrogens is 491 g/mol. The maximum Gasteiger partial charge on any atom is 0.271 e. The van der Waals surface area contributed by atoms with Crippen molar-refractivity contribution in [1.82, 2.24) is 5.43 Å². The Morgan fingerprint density at radius 1 is 0.806 bits per heavy atom. The summed E-state index contributed by atoms with van der Waals surface area (Å²) in [6.07, 6.45) is 1.26. The van der Waals surface area contributed by atoms with Gasteiger partial charge in [0.2, 0.25) is 29.1 Å². The molecule has 0 aliphatic heterocycles. The zero-order chi connectivity index (χ0) is 26.4. The lowest BCUT2D eigenvalue weighted by molar-refractivity contribution is 0.0954. The molecule has 3 rings (SSSR count). The number of methoxy groups -OCH3 is 3. The minimum absolute atomic E-state index is 0.205. The lowest BCUT2D eigenvalue weighted by atomic mass is 10.1. The van der Waals surface area contributed by atoms with E-state index in [1.807, 2.05) is 0 Å². The average Bonchev–Trinajstić information content (AvgIpc) is 2.90. The molecule has 0 aliphatic carbocycles. The molecule has 0 aromatic heterocycles. The first-order valence-corrected chi connectivity index (χ1v) is 10.1. The van der Waals surface area contributed by atoms with Gasteiger partial charge >= 0.3 is 0 Å². The second-order valence-corrected chi connectivity index (χ2v) is 7.03. The standard InChI is InChI=1S/C24H19F5N2O5/c1-33-15-6-4-12(10-30-31-24(32)13-5-7-16(34-2)17(9-13)35-3)8-14(15)11-36-23-21(28)19(26)18(25)20(27)22(23)29/h4-10H,11H2,1-3H3,(H,31,32)/b30-10-. The van der Waals surface area contributed by atoms with Crippen molar-refractivity contribution in [2.45, 2.75) is 6.61 Å². The molecule has 0 atom stereocenters. The summed E-state index contributed by atoms with van der Waals surface area (Å²) >= 11 is 0. The summed E-state index contributed by atoms with van der Waals surface area (Å²) in [6, 6.07) is 8.97. The highest BCUT2D eigenvalue weighted by Gasteiger charge is 2.27. The second-order valence-electron chi connectivity index (χ2n) is 7.03. The Kier molecular flexibility index (Phi) is 8.30. The van der Waals surface area contributed by atoms with Crippen LogP contribution in [-0.4, -0.2) is 33.5 Å². The molecule has 12 heteroatoms. The summed E-state index contributed by atoms with van der Waals surface area (Å²) in [5, 5.41) is 3.85. The number of rotatable bonds is 9. The zero-order valence-corrected chi connectivity index (χ0v) is 19.1. The predicted octanol–water partition coefficient (Wildman–Crippen LogP) is 4.75. The van der Waals surface area contributed by atoms with Gasteiger partial charge in [-0.25, -0.2) is 18.6 Å². The second kappa shape index (κ2) is 11.4. The SMILES string of the molecule is COc1ccc(/C=N\NC(=O)c2ccc(OC)c(OC)c2)cc1COc1c(F)c(F)c(F)c(F)c1F. The average molecular weight is 510 g/mol. The van der Waals surface area contributed by atoms with Gasteiger partial charge in [0.1, 0.15) is 12.4 Å². The minimum Gasteiger partial charge on any atom is -0.496 e. The van der Waals surface area contributed by atoms with E-state index in [4.69, 9.17) is 18.9 Å². The molecule has 7 nitrogen and oxygen atoms in total. The number of hydrogen-bond acceptors (Lipinski definition) is 6. The van der Waals surface area contributed by atoms with Crippen molar-refractivity contribution < 1.29 is 45.7 Å². The normalized spacial score (nSPS) is 10.9. The van der Waals surface area contributed by atoms with Crippen molar-refractivity contribution in [3.8, 4) is 23.0 Å². The van der Waals surface area contributed by atoms with Gasteiger partial charge in [-0.05, 0) is 42.0 Å². The van der Waals surface area contributed by atoms with Crippen molar-refractivity contribution in [1.29, 1.82) is 0 Å². The predicted molar refractivity (Wildman–Crippen MR) is 118 cm³/mol. The Bertz CT molecular complexity index is 1290. The number of carbonyl (C=O) groups is 1. The molecule has 0 unspecified atom stereocenters. The van der Waals surface area contributed by atoms with Crippen LogP contribution in [0.15, 0.2) is 41.5 Å². The molecule has 3 aromatic rings. The summed E-state index contributed by atoms with van der Waals surface area (Å²) in [5.74, 6) is -11.7. The number of hydrogen-bond donors (Lipinski definition) is 1. The van der Waals surface area contributed by atoms with Crippen LogP contribution in [0.2, 0.25) is 0 Å². The maximum atomic E-state index is 13.9. The molecule has 1 amide bonds. The van der Waals surface area contributed by atoms with Crippen LogP contribution in [0.4, 0.5) is 22.0 Å². The number of nitrogens with one attached hydrogen (secondary N) is 1. The quantitative estimate of drug-likeness (QED) is 0.148. The third-order valence-electron chi connectivity index (χ3n) is 4.87. The van der Waals surface area contributed by atoms with E-state index in [0.717, 1.165) is 0 Å². The first-order chi connectivity index (χ1) is 17.2. The van der Waals surface area contributed by atoms with Crippen LogP contribution in [0, 0.1) is 29.1 Å². The van der Waals surface area contributed by atoms with Crippen molar-refractivity contribution in [2.24, 2.45) is 5.10 Å². The Labute approximate surface area is 202 Å². The number of halogens is 5. The molecule has 1 N–H and O–H groups in total. The van der Waals surface area contributed by atoms with Gasteiger partial charge in [0.25, 0.3) is 5.91 Å². The molecular formula is C24H19F5N2O5. The molecule has 0 heterocycles. The molecule has 190 valence electrons. The van der Waals surface area contributed by atoms with Crippen molar-refractivity contribution >= 4 is 12.1 Å². The summed E-state index contributed by atoms with van der Waals surface area (Å²) in [6.45, 7) is -0.596. The van der Waals surface area contributed by atoms with Crippen molar-refractivity contribution in [2.75, 3.05) is 21.3 Å². The highest BCUT2D eigenvalue weighted by Crippen LogP contribution is 2.31. The van der Waals surface area contributed by atoms with Gasteiger partial charge in [0, 0.05) is 11.1 Å². The number of hydrazone groups is 1. The fourth-order valence-electron chi connectivity index (χ4n) is 3.06. The third-order valence-corrected chi connectivity index (χ3v) is 4.87. The van der Waals surface area contributed by atoms with Gasteiger partial charge in [-0.3, -0.25) is 4.79 Å². The van der Waals surface area contributed by atoms with E-state index in [-0.39, 0.29) is 16.9 Å². The van der Waals surface area contributed by atoms with Crippen LogP contribution in [0.5, 0.6) is 23.0 Å². The van der Waals surface area contributed by atoms with Gasteiger partial charge in [0.05, 0.1) is 27.5 Å². The molecule has 0 bridgehead atoms. The van der Waals surface area contributed by atoms with Gasteiger partial charge < -0.3 is 18.9 Å².